The van der Waals surface area contributed by atoms with Gasteiger partial charge >= 0.3 is 5.97 Å². The van der Waals surface area contributed by atoms with E-state index < -0.39 is 0 Å². The molecule has 1 aromatic carbocycles. The van der Waals surface area contributed by atoms with Crippen LogP contribution in [0.3, 0.4) is 0 Å². The number of rotatable bonds is 6. The Hall–Kier alpha value is -2.48. The minimum absolute atomic E-state index is 0.0388. The molecular weight excluding hydrogens is 546 g/mol. The molecule has 0 saturated heterocycles. The maximum absolute atomic E-state index is 12.8. The average molecular weight is 583 g/mol. The fourth-order valence-electron chi connectivity index (χ4n) is 8.02. The normalized spacial score (nSPS) is 34.1. The Morgan fingerprint density at radius 1 is 1.11 bits per heavy atom. The van der Waals surface area contributed by atoms with Crippen LogP contribution in [0.4, 0.5) is 0 Å². The van der Waals surface area contributed by atoms with Crippen molar-refractivity contribution in [2.45, 2.75) is 84.5 Å². The van der Waals surface area contributed by atoms with Gasteiger partial charge in [-0.3, -0.25) is 9.59 Å². The number of halogens is 1. The van der Waals surface area contributed by atoms with E-state index in [4.69, 9.17) is 9.47 Å². The molecule has 0 radical (unpaired) electrons. The highest BCUT2D eigenvalue weighted by Crippen LogP contribution is 2.64. The summed E-state index contributed by atoms with van der Waals surface area (Å²) in [6.45, 7) is 4.98. The fourth-order valence-corrected chi connectivity index (χ4v) is 8.29. The Bertz CT molecular complexity index is 1260. The van der Waals surface area contributed by atoms with Gasteiger partial charge in [-0.2, -0.15) is 0 Å². The standard InChI is InChI=1S/C30H36BrN3O4/c1-29-13-11-23(15-19(29)3-8-24-25-9-10-27(35)30(25,2)14-12-26(24)29)38-28(36)17-34-16-21(32-33-34)18-37-22-6-4-20(31)5-7-22/h3-7,16,23-26H,8-15,17-18H2,1-2H3/t23-,24-,25-,26-,29-,30-/m0/s1. The number of nitrogens with zero attached hydrogens (tertiary/aromatic N) is 3. The second-order valence-electron chi connectivity index (χ2n) is 12.2. The number of aromatic nitrogens is 3. The molecule has 7 nitrogen and oxygen atoms in total. The number of carbonyl (C=O) groups is 2. The molecule has 1 aromatic heterocycles. The Morgan fingerprint density at radius 3 is 2.68 bits per heavy atom. The summed E-state index contributed by atoms with van der Waals surface area (Å²) >= 11 is 3.41. The Kier molecular flexibility index (Phi) is 6.73. The zero-order valence-corrected chi connectivity index (χ0v) is 23.8. The lowest BCUT2D eigenvalue weighted by Crippen LogP contribution is -2.50. The van der Waals surface area contributed by atoms with E-state index in [2.05, 4.69) is 46.2 Å². The number of allylic oxidation sites excluding steroid dienone is 1. The smallest absolute Gasteiger partial charge is 0.328 e. The highest BCUT2D eigenvalue weighted by molar-refractivity contribution is 9.10. The number of ether oxygens (including phenoxy) is 2. The van der Waals surface area contributed by atoms with Crippen molar-refractivity contribution in [3.8, 4) is 5.75 Å². The van der Waals surface area contributed by atoms with E-state index in [1.165, 1.54) is 10.3 Å². The van der Waals surface area contributed by atoms with Gasteiger partial charge in [-0.25, -0.2) is 4.68 Å². The second-order valence-corrected chi connectivity index (χ2v) is 13.1. The predicted octanol–water partition coefficient (Wildman–Crippen LogP) is 6.06. The minimum atomic E-state index is -0.281. The van der Waals surface area contributed by atoms with E-state index in [0.29, 0.717) is 29.2 Å². The molecule has 4 aliphatic rings. The molecule has 0 aliphatic heterocycles. The van der Waals surface area contributed by atoms with Crippen molar-refractivity contribution in [2.24, 2.45) is 28.6 Å². The summed E-state index contributed by atoms with van der Waals surface area (Å²) in [5.41, 5.74) is 2.18. The average Bonchev–Trinajstić information content (AvgIpc) is 3.47. The van der Waals surface area contributed by atoms with Crippen molar-refractivity contribution in [1.29, 1.82) is 0 Å². The number of ketones is 1. The van der Waals surface area contributed by atoms with E-state index in [0.717, 1.165) is 61.6 Å². The van der Waals surface area contributed by atoms with Gasteiger partial charge in [-0.15, -0.1) is 5.10 Å². The minimum Gasteiger partial charge on any atom is -0.487 e. The van der Waals surface area contributed by atoms with Crippen LogP contribution in [0.1, 0.15) is 70.9 Å². The maximum atomic E-state index is 12.8. The molecule has 1 heterocycles. The van der Waals surface area contributed by atoms with Crippen LogP contribution in [0.2, 0.25) is 0 Å². The Morgan fingerprint density at radius 2 is 1.87 bits per heavy atom. The molecule has 3 saturated carbocycles. The lowest BCUT2D eigenvalue weighted by molar-refractivity contribution is -0.152. The third kappa shape index (κ3) is 4.63. The van der Waals surface area contributed by atoms with Crippen LogP contribution in [0, 0.1) is 28.6 Å². The highest BCUT2D eigenvalue weighted by atomic mass is 79.9. The molecule has 202 valence electrons. The largest absolute Gasteiger partial charge is 0.487 e. The van der Waals surface area contributed by atoms with Gasteiger partial charge in [0.1, 0.15) is 36.5 Å². The van der Waals surface area contributed by atoms with Crippen LogP contribution in [0.5, 0.6) is 5.75 Å². The lowest BCUT2D eigenvalue weighted by atomic mass is 9.48. The summed E-state index contributed by atoms with van der Waals surface area (Å²) in [5.74, 6) is 2.74. The molecule has 3 fully saturated rings. The molecular formula is C30H36BrN3O4. The van der Waals surface area contributed by atoms with Crippen molar-refractivity contribution in [3.63, 3.8) is 0 Å². The quantitative estimate of drug-likeness (QED) is 0.304. The molecule has 0 N–H and O–H groups in total. The van der Waals surface area contributed by atoms with Crippen LogP contribution in [-0.4, -0.2) is 32.9 Å². The van der Waals surface area contributed by atoms with Crippen LogP contribution in [0.15, 0.2) is 46.6 Å². The van der Waals surface area contributed by atoms with Crippen LogP contribution >= 0.6 is 15.9 Å². The van der Waals surface area contributed by atoms with Crippen LogP contribution in [0.25, 0.3) is 0 Å². The molecule has 2 aromatic rings. The molecule has 0 bridgehead atoms. The first-order valence-electron chi connectivity index (χ1n) is 13.9. The van der Waals surface area contributed by atoms with E-state index >= 15 is 0 Å². The number of fused-ring (bicyclic) bond motifs is 5. The monoisotopic (exact) mass is 581 g/mol. The predicted molar refractivity (Wildman–Crippen MR) is 145 cm³/mol. The van der Waals surface area contributed by atoms with E-state index in [-0.39, 0.29) is 36.1 Å². The first kappa shape index (κ1) is 25.8. The van der Waals surface area contributed by atoms with Crippen LogP contribution in [-0.2, 0) is 27.5 Å². The van der Waals surface area contributed by atoms with Crippen molar-refractivity contribution in [3.05, 3.63) is 52.3 Å². The number of hydrogen-bond acceptors (Lipinski definition) is 6. The van der Waals surface area contributed by atoms with E-state index in [1.807, 2.05) is 24.3 Å². The number of Topliss-reactive ketones (excluding diaryl/α,β-unsaturated/α-hetero) is 1. The molecule has 0 unspecified atom stereocenters. The van der Waals surface area contributed by atoms with Gasteiger partial charge in [0.15, 0.2) is 0 Å². The zero-order valence-electron chi connectivity index (χ0n) is 22.2. The summed E-state index contributed by atoms with van der Waals surface area (Å²) in [4.78, 5) is 25.4. The van der Waals surface area contributed by atoms with Gasteiger partial charge in [-0.05, 0) is 86.0 Å². The lowest BCUT2D eigenvalue weighted by Gasteiger charge is -2.56. The molecule has 8 heteroatoms. The molecule has 6 atom stereocenters. The topological polar surface area (TPSA) is 83.3 Å². The molecule has 0 amide bonds. The third-order valence-electron chi connectivity index (χ3n) is 10.1. The van der Waals surface area contributed by atoms with Crippen molar-refractivity contribution < 1.29 is 19.1 Å². The summed E-state index contributed by atoms with van der Waals surface area (Å²) in [7, 11) is 0. The van der Waals surface area contributed by atoms with Gasteiger partial charge in [-0.1, -0.05) is 46.6 Å². The molecule has 6 rings (SSSR count). The summed E-state index contributed by atoms with van der Waals surface area (Å²) in [6, 6.07) is 7.59. The van der Waals surface area contributed by atoms with Crippen molar-refractivity contribution >= 4 is 27.7 Å². The van der Waals surface area contributed by atoms with Gasteiger partial charge in [0.05, 0.1) is 6.20 Å². The first-order valence-corrected chi connectivity index (χ1v) is 14.7. The SMILES string of the molecule is C[C@]12CC[C@H](OC(=O)Cn3cc(COc4ccc(Br)cc4)nn3)CC1=CC[C@@H]1[C@@H]2CC[C@]2(C)C(=O)CC[C@@H]12. The number of benzene rings is 1. The summed E-state index contributed by atoms with van der Waals surface area (Å²) < 4.78 is 14.2. The summed E-state index contributed by atoms with van der Waals surface area (Å²) in [5, 5.41) is 8.20. The summed E-state index contributed by atoms with van der Waals surface area (Å²) in [6.07, 6.45) is 11.9. The van der Waals surface area contributed by atoms with Crippen LogP contribution < -0.4 is 4.74 Å². The number of carbonyl (C=O) groups excluding carboxylic acids is 2. The third-order valence-corrected chi connectivity index (χ3v) is 10.7. The fraction of sp³-hybridized carbons (Fsp3) is 0.600. The van der Waals surface area contributed by atoms with E-state index in [1.54, 1.807) is 6.20 Å². The van der Waals surface area contributed by atoms with Crippen molar-refractivity contribution in [2.75, 3.05) is 0 Å². The van der Waals surface area contributed by atoms with Crippen molar-refractivity contribution in [1.82, 2.24) is 15.0 Å². The van der Waals surface area contributed by atoms with Gasteiger partial charge in [0.25, 0.3) is 0 Å². The number of hydrogen-bond donors (Lipinski definition) is 0. The Balaban J connectivity index is 1.03. The van der Waals surface area contributed by atoms with Gasteiger partial charge < -0.3 is 9.47 Å². The highest BCUT2D eigenvalue weighted by Gasteiger charge is 2.58. The zero-order chi connectivity index (χ0) is 26.5. The van der Waals surface area contributed by atoms with Gasteiger partial charge in [0.2, 0.25) is 0 Å². The number of esters is 1. The first-order chi connectivity index (χ1) is 18.2. The second kappa shape index (κ2) is 9.92. The Labute approximate surface area is 232 Å². The molecule has 0 spiro atoms. The van der Waals surface area contributed by atoms with Gasteiger partial charge in [0, 0.05) is 22.7 Å². The molecule has 4 aliphatic carbocycles. The molecule has 38 heavy (non-hydrogen) atoms. The van der Waals surface area contributed by atoms with E-state index in [9.17, 15) is 9.59 Å². The maximum Gasteiger partial charge on any atom is 0.328 e.